The Kier molecular flexibility index (Phi) is 7.25. The highest BCUT2D eigenvalue weighted by molar-refractivity contribution is 5.91. The van der Waals surface area contributed by atoms with Crippen LogP contribution in [-0.4, -0.2) is 50.7 Å². The maximum atomic E-state index is 13.6. The second-order valence-corrected chi connectivity index (χ2v) is 7.04. The molecule has 154 valence electrons. The first-order valence-corrected chi connectivity index (χ1v) is 9.95. The van der Waals surface area contributed by atoms with Crippen LogP contribution in [0, 0.1) is 5.82 Å². The molecule has 2 aromatic rings. The predicted octanol–water partition coefficient (Wildman–Crippen LogP) is 2.17. The molecular formula is C23H28FN2O3+. The molecule has 3 rings (SSSR count). The topological polar surface area (TPSA) is 43.2 Å². The summed E-state index contributed by atoms with van der Waals surface area (Å²) in [5, 5.41) is 0. The Morgan fingerprint density at radius 2 is 1.90 bits per heavy atom. The molecule has 29 heavy (non-hydrogen) atoms. The van der Waals surface area contributed by atoms with Gasteiger partial charge in [-0.1, -0.05) is 12.1 Å². The average molecular weight is 399 g/mol. The Morgan fingerprint density at radius 3 is 2.55 bits per heavy atom. The van der Waals surface area contributed by atoms with Crippen molar-refractivity contribution in [2.24, 2.45) is 0 Å². The first-order chi connectivity index (χ1) is 14.1. The number of nitrogens with zero attached hydrogens (tertiary/aromatic N) is 1. The summed E-state index contributed by atoms with van der Waals surface area (Å²) in [6.07, 6.45) is 3.45. The first kappa shape index (κ1) is 20.9. The molecule has 0 aromatic heterocycles. The SMILES string of the molecule is CCOc1ccc(/C=C/C(=O)N2CC[NH+](Cc3cc(F)ccc3OC)CC2)cc1. The molecule has 1 saturated heterocycles. The molecule has 0 radical (unpaired) electrons. The standard InChI is InChI=1S/C23H27FN2O3/c1-3-29-21-8-4-18(5-9-21)6-11-23(27)26-14-12-25(13-15-26)17-19-16-20(24)7-10-22(19)28-2/h4-11,16H,3,12-15,17H2,1-2H3/p+1/b11-6+. The van der Waals surface area contributed by atoms with Gasteiger partial charge >= 0.3 is 0 Å². The Balaban J connectivity index is 1.51. The van der Waals surface area contributed by atoms with Gasteiger partial charge in [-0.15, -0.1) is 0 Å². The highest BCUT2D eigenvalue weighted by Gasteiger charge is 2.23. The summed E-state index contributed by atoms with van der Waals surface area (Å²) in [7, 11) is 1.60. The van der Waals surface area contributed by atoms with Gasteiger partial charge in [-0.3, -0.25) is 4.79 Å². The Hall–Kier alpha value is -2.86. The molecule has 0 saturated carbocycles. The van der Waals surface area contributed by atoms with Crippen molar-refractivity contribution in [3.63, 3.8) is 0 Å². The molecule has 0 bridgehead atoms. The third-order valence-electron chi connectivity index (χ3n) is 5.07. The predicted molar refractivity (Wildman–Crippen MR) is 111 cm³/mol. The second-order valence-electron chi connectivity index (χ2n) is 7.04. The fraction of sp³-hybridized carbons (Fsp3) is 0.348. The van der Waals surface area contributed by atoms with Gasteiger partial charge in [0, 0.05) is 6.08 Å². The second kappa shape index (κ2) is 10.1. The van der Waals surface area contributed by atoms with E-state index >= 15 is 0 Å². The lowest BCUT2D eigenvalue weighted by Gasteiger charge is -2.32. The molecule has 2 aromatic carbocycles. The zero-order valence-corrected chi connectivity index (χ0v) is 17.0. The number of nitrogens with one attached hydrogen (secondary N) is 1. The number of amides is 1. The highest BCUT2D eigenvalue weighted by atomic mass is 19.1. The summed E-state index contributed by atoms with van der Waals surface area (Å²) in [5.41, 5.74) is 1.82. The fourth-order valence-corrected chi connectivity index (χ4v) is 3.49. The van der Waals surface area contributed by atoms with E-state index in [-0.39, 0.29) is 11.7 Å². The van der Waals surface area contributed by atoms with Crippen LogP contribution in [0.25, 0.3) is 6.08 Å². The van der Waals surface area contributed by atoms with Gasteiger partial charge in [-0.05, 0) is 48.9 Å². The van der Waals surface area contributed by atoms with Gasteiger partial charge in [0.15, 0.2) is 0 Å². The summed E-state index contributed by atoms with van der Waals surface area (Å²) in [4.78, 5) is 15.7. The van der Waals surface area contributed by atoms with Crippen LogP contribution in [0.15, 0.2) is 48.5 Å². The van der Waals surface area contributed by atoms with Gasteiger partial charge < -0.3 is 19.3 Å². The van der Waals surface area contributed by atoms with Crippen molar-refractivity contribution in [3.8, 4) is 11.5 Å². The summed E-state index contributed by atoms with van der Waals surface area (Å²) >= 11 is 0. The lowest BCUT2D eigenvalue weighted by molar-refractivity contribution is -0.917. The van der Waals surface area contributed by atoms with Gasteiger partial charge in [0.2, 0.25) is 5.91 Å². The molecule has 1 heterocycles. The largest absolute Gasteiger partial charge is 0.496 e. The molecule has 0 aliphatic carbocycles. The van der Waals surface area contributed by atoms with Crippen LogP contribution >= 0.6 is 0 Å². The Labute approximate surface area is 171 Å². The highest BCUT2D eigenvalue weighted by Crippen LogP contribution is 2.18. The van der Waals surface area contributed by atoms with E-state index in [0.29, 0.717) is 32.0 Å². The van der Waals surface area contributed by atoms with E-state index in [1.54, 1.807) is 19.3 Å². The van der Waals surface area contributed by atoms with Crippen LogP contribution in [0.4, 0.5) is 4.39 Å². The number of benzene rings is 2. The number of hydrogen-bond acceptors (Lipinski definition) is 3. The molecule has 1 aliphatic rings. The summed E-state index contributed by atoms with van der Waals surface area (Å²) in [5.74, 6) is 1.29. The van der Waals surface area contributed by atoms with Crippen LogP contribution in [-0.2, 0) is 11.3 Å². The quantitative estimate of drug-likeness (QED) is 0.726. The van der Waals surface area contributed by atoms with E-state index in [9.17, 15) is 9.18 Å². The molecule has 1 amide bonds. The number of carbonyl (C=O) groups is 1. The van der Waals surface area contributed by atoms with Crippen LogP contribution in [0.5, 0.6) is 11.5 Å². The number of carbonyl (C=O) groups excluding carboxylic acids is 1. The minimum atomic E-state index is -0.256. The molecular weight excluding hydrogens is 371 g/mol. The van der Waals surface area contributed by atoms with E-state index in [0.717, 1.165) is 30.0 Å². The third kappa shape index (κ3) is 5.81. The van der Waals surface area contributed by atoms with E-state index in [1.165, 1.54) is 17.0 Å². The average Bonchev–Trinajstić information content (AvgIpc) is 2.74. The van der Waals surface area contributed by atoms with E-state index in [2.05, 4.69) is 0 Å². The van der Waals surface area contributed by atoms with Gasteiger partial charge in [0.1, 0.15) is 23.9 Å². The summed E-state index contributed by atoms with van der Waals surface area (Å²) < 4.78 is 24.3. The molecule has 1 aliphatic heterocycles. The Morgan fingerprint density at radius 1 is 1.17 bits per heavy atom. The van der Waals surface area contributed by atoms with E-state index < -0.39 is 0 Å². The van der Waals surface area contributed by atoms with Crippen molar-refractivity contribution in [1.29, 1.82) is 0 Å². The summed E-state index contributed by atoms with van der Waals surface area (Å²) in [6.45, 7) is 6.27. The van der Waals surface area contributed by atoms with Crippen LogP contribution in [0.2, 0.25) is 0 Å². The number of ether oxygens (including phenoxy) is 2. The van der Waals surface area contributed by atoms with Crippen molar-refractivity contribution < 1.29 is 23.6 Å². The van der Waals surface area contributed by atoms with Crippen molar-refractivity contribution >= 4 is 12.0 Å². The number of hydrogen-bond donors (Lipinski definition) is 1. The first-order valence-electron chi connectivity index (χ1n) is 9.95. The van der Waals surface area contributed by atoms with Gasteiger partial charge in [0.25, 0.3) is 0 Å². The molecule has 5 nitrogen and oxygen atoms in total. The van der Waals surface area contributed by atoms with E-state index in [4.69, 9.17) is 9.47 Å². The number of methoxy groups -OCH3 is 1. The molecule has 0 unspecified atom stereocenters. The lowest BCUT2D eigenvalue weighted by Crippen LogP contribution is -3.13. The van der Waals surface area contributed by atoms with Crippen LogP contribution in [0.3, 0.4) is 0 Å². The molecule has 1 fully saturated rings. The fourth-order valence-electron chi connectivity index (χ4n) is 3.49. The minimum Gasteiger partial charge on any atom is -0.496 e. The summed E-state index contributed by atoms with van der Waals surface area (Å²) in [6, 6.07) is 12.3. The van der Waals surface area contributed by atoms with Gasteiger partial charge in [0.05, 0.1) is 45.5 Å². The number of halogens is 1. The lowest BCUT2D eigenvalue weighted by atomic mass is 10.1. The normalized spacial score (nSPS) is 14.9. The number of rotatable bonds is 7. The van der Waals surface area contributed by atoms with Crippen LogP contribution < -0.4 is 14.4 Å². The van der Waals surface area contributed by atoms with Crippen molar-refractivity contribution in [2.45, 2.75) is 13.5 Å². The maximum Gasteiger partial charge on any atom is 0.246 e. The van der Waals surface area contributed by atoms with Crippen LogP contribution in [0.1, 0.15) is 18.1 Å². The minimum absolute atomic E-state index is 0.0151. The molecule has 6 heteroatoms. The van der Waals surface area contributed by atoms with E-state index in [1.807, 2.05) is 42.2 Å². The van der Waals surface area contributed by atoms with Gasteiger partial charge in [-0.2, -0.15) is 0 Å². The van der Waals surface area contributed by atoms with Gasteiger partial charge in [-0.25, -0.2) is 4.39 Å². The zero-order chi connectivity index (χ0) is 20.6. The molecule has 0 spiro atoms. The maximum absolute atomic E-state index is 13.6. The number of piperazine rings is 1. The smallest absolute Gasteiger partial charge is 0.246 e. The zero-order valence-electron chi connectivity index (χ0n) is 17.0. The monoisotopic (exact) mass is 399 g/mol. The van der Waals surface area contributed by atoms with Crippen molar-refractivity contribution in [2.75, 3.05) is 39.9 Å². The van der Waals surface area contributed by atoms with Crippen molar-refractivity contribution in [1.82, 2.24) is 4.90 Å². The Bertz CT molecular complexity index is 844. The molecule has 1 N–H and O–H groups in total. The molecule has 0 atom stereocenters. The third-order valence-corrected chi connectivity index (χ3v) is 5.07. The number of quaternary nitrogens is 1. The van der Waals surface area contributed by atoms with Crippen molar-refractivity contribution in [3.05, 3.63) is 65.5 Å².